The monoisotopic (exact) mass is 976 g/mol. The highest BCUT2D eigenvalue weighted by atomic mass is 35.5. The second-order valence-electron chi connectivity index (χ2n) is 15.9. The van der Waals surface area contributed by atoms with Crippen LogP contribution in [0.1, 0.15) is 88.1 Å². The van der Waals surface area contributed by atoms with Crippen LogP contribution >= 0.6 is 23.2 Å². The summed E-state index contributed by atoms with van der Waals surface area (Å²) in [6.07, 6.45) is -18.5. The minimum Gasteiger partial charge on any atom is -0.462 e. The highest BCUT2D eigenvalue weighted by Crippen LogP contribution is 2.55. The number of hydrogen-bond acceptors (Lipinski definition) is 11. The molecule has 0 spiro atoms. The van der Waals surface area contributed by atoms with Crippen molar-refractivity contribution in [3.8, 4) is 28.6 Å². The Morgan fingerprint density at radius 2 is 1.42 bits per heavy atom. The third-order valence-electron chi connectivity index (χ3n) is 9.92. The molecule has 2 fully saturated rings. The van der Waals surface area contributed by atoms with E-state index in [0.717, 1.165) is 23.4 Å². The zero-order chi connectivity index (χ0) is 48.5. The Balaban J connectivity index is 1.29. The van der Waals surface area contributed by atoms with Gasteiger partial charge in [0.15, 0.2) is 12.5 Å². The molecule has 0 aliphatic heterocycles. The molecule has 0 N–H and O–H groups in total. The normalized spacial score (nSPS) is 17.6. The lowest BCUT2D eigenvalue weighted by Gasteiger charge is -2.31. The molecule has 2 saturated carbocycles. The predicted molar refractivity (Wildman–Crippen MR) is 204 cm³/mol. The molecule has 2 aliphatic carbocycles. The smallest absolute Gasteiger partial charge is 0.462 e. The minimum atomic E-state index is -6.71. The summed E-state index contributed by atoms with van der Waals surface area (Å²) in [7, 11) is 0. The summed E-state index contributed by atoms with van der Waals surface area (Å²) in [5.74, 6) is -3.88. The van der Waals surface area contributed by atoms with Crippen LogP contribution in [0.2, 0.25) is 10.0 Å². The fourth-order valence-electron chi connectivity index (χ4n) is 6.63. The number of halogens is 12. The Labute approximate surface area is 372 Å². The highest BCUT2D eigenvalue weighted by molar-refractivity contribution is 6.34. The standard InChI is InChI=1S/C40H36Cl2F10N4O9/c1-35(2,3)65-31(58)11-10-30(57)62-24-5-7-25(8-6-24)63-34(60)61-20-55(36(19-53)12-13-36)33(59)26-14-21(4-9-27(26)41)22-17-54-56(18-22)32-28(42)15-23(16-29(32)64-40(50,51)52)37(43,38(44,45)46)39(47,48)49/h4,9,14-18,24-25H,5-8,10-13,20H2,1-3H3. The van der Waals surface area contributed by atoms with E-state index in [1.807, 2.05) is 6.07 Å². The van der Waals surface area contributed by atoms with Gasteiger partial charge in [0.05, 0.1) is 40.7 Å². The number of nitriles is 1. The summed E-state index contributed by atoms with van der Waals surface area (Å²) in [5, 5.41) is 12.3. The van der Waals surface area contributed by atoms with Crippen molar-refractivity contribution in [3.63, 3.8) is 0 Å². The Morgan fingerprint density at radius 1 is 0.831 bits per heavy atom. The van der Waals surface area contributed by atoms with E-state index in [1.54, 1.807) is 20.8 Å². The molecule has 1 heterocycles. The first-order valence-corrected chi connectivity index (χ1v) is 20.0. The average molecular weight is 978 g/mol. The highest BCUT2D eigenvalue weighted by Gasteiger charge is 2.73. The summed E-state index contributed by atoms with van der Waals surface area (Å²) >= 11 is 12.3. The summed E-state index contributed by atoms with van der Waals surface area (Å²) in [6, 6.07) is 4.99. The van der Waals surface area contributed by atoms with Crippen LogP contribution in [0.4, 0.5) is 48.7 Å². The zero-order valence-corrected chi connectivity index (χ0v) is 35.6. The van der Waals surface area contributed by atoms with Crippen LogP contribution in [0, 0.1) is 11.3 Å². The molecule has 3 aromatic rings. The predicted octanol–water partition coefficient (Wildman–Crippen LogP) is 10.6. The number of nitrogens with zero attached hydrogens (tertiary/aromatic N) is 4. The van der Waals surface area contributed by atoms with Crippen molar-refractivity contribution >= 4 is 47.2 Å². The largest absolute Gasteiger partial charge is 0.573 e. The van der Waals surface area contributed by atoms with Crippen molar-refractivity contribution in [2.75, 3.05) is 6.73 Å². The second kappa shape index (κ2) is 18.8. The summed E-state index contributed by atoms with van der Waals surface area (Å²) < 4.78 is 162. The lowest BCUT2D eigenvalue weighted by Crippen LogP contribution is -2.50. The van der Waals surface area contributed by atoms with E-state index in [9.17, 15) is 68.3 Å². The van der Waals surface area contributed by atoms with E-state index >= 15 is 0 Å². The molecule has 25 heteroatoms. The Morgan fingerprint density at radius 3 is 1.95 bits per heavy atom. The fourth-order valence-corrected chi connectivity index (χ4v) is 7.12. The van der Waals surface area contributed by atoms with Gasteiger partial charge in [-0.2, -0.15) is 36.7 Å². The third-order valence-corrected chi connectivity index (χ3v) is 10.5. The van der Waals surface area contributed by atoms with E-state index in [4.69, 9.17) is 42.1 Å². The lowest BCUT2D eigenvalue weighted by molar-refractivity contribution is -0.348. The van der Waals surface area contributed by atoms with Gasteiger partial charge in [-0.25, -0.2) is 13.9 Å². The summed E-state index contributed by atoms with van der Waals surface area (Å²) in [5.41, 5.74) is -12.1. The summed E-state index contributed by atoms with van der Waals surface area (Å²) in [4.78, 5) is 51.9. The number of benzene rings is 2. The molecule has 0 unspecified atom stereocenters. The first kappa shape index (κ1) is 50.5. The van der Waals surface area contributed by atoms with Crippen LogP contribution in [-0.4, -0.2) is 87.5 Å². The lowest BCUT2D eigenvalue weighted by atomic mass is 9.93. The molecule has 1 aromatic heterocycles. The van der Waals surface area contributed by atoms with Crippen LogP contribution in [-0.2, 0) is 34.2 Å². The van der Waals surface area contributed by atoms with Crippen molar-refractivity contribution in [2.45, 2.75) is 120 Å². The number of carbonyl (C=O) groups excluding carboxylic acids is 4. The number of rotatable bonds is 13. The molecule has 0 atom stereocenters. The quantitative estimate of drug-likeness (QED) is 0.0694. The molecule has 1 amide bonds. The first-order chi connectivity index (χ1) is 30.0. The van der Waals surface area contributed by atoms with E-state index in [2.05, 4.69) is 9.84 Å². The number of ether oxygens (including phenoxy) is 5. The summed E-state index contributed by atoms with van der Waals surface area (Å²) in [6.45, 7) is 4.27. The van der Waals surface area contributed by atoms with Gasteiger partial charge in [0.25, 0.3) is 5.91 Å². The van der Waals surface area contributed by atoms with Gasteiger partial charge >= 0.3 is 42.5 Å². The van der Waals surface area contributed by atoms with Crippen LogP contribution < -0.4 is 4.74 Å². The van der Waals surface area contributed by atoms with Crippen LogP contribution in [0.3, 0.4) is 0 Å². The molecule has 65 heavy (non-hydrogen) atoms. The van der Waals surface area contributed by atoms with Crippen molar-refractivity contribution in [1.29, 1.82) is 5.26 Å². The fraction of sp³-hybridized carbons (Fsp3) is 0.500. The van der Waals surface area contributed by atoms with E-state index in [1.165, 1.54) is 12.1 Å². The second-order valence-corrected chi connectivity index (χ2v) is 16.7. The van der Waals surface area contributed by atoms with Gasteiger partial charge < -0.3 is 23.7 Å². The number of esters is 2. The third kappa shape index (κ3) is 12.0. The van der Waals surface area contributed by atoms with E-state index < -0.39 is 107 Å². The molecule has 0 saturated heterocycles. The molecule has 5 rings (SSSR count). The molecular formula is C40H36Cl2F10N4O9. The van der Waals surface area contributed by atoms with E-state index in [0.29, 0.717) is 17.5 Å². The van der Waals surface area contributed by atoms with Crippen molar-refractivity contribution in [3.05, 3.63) is 63.9 Å². The van der Waals surface area contributed by atoms with Crippen LogP contribution in [0.15, 0.2) is 42.7 Å². The Bertz CT molecular complexity index is 2320. The maximum Gasteiger partial charge on any atom is 0.573 e. The van der Waals surface area contributed by atoms with Gasteiger partial charge in [-0.3, -0.25) is 19.3 Å². The van der Waals surface area contributed by atoms with Gasteiger partial charge in [0.1, 0.15) is 29.0 Å². The van der Waals surface area contributed by atoms with Gasteiger partial charge in [-0.15, -0.1) is 13.2 Å². The Kier molecular flexibility index (Phi) is 14.6. The minimum absolute atomic E-state index is 0.0401. The molecule has 0 radical (unpaired) electrons. The van der Waals surface area contributed by atoms with Gasteiger partial charge in [-0.1, -0.05) is 29.3 Å². The van der Waals surface area contributed by atoms with Crippen LogP contribution in [0.5, 0.6) is 5.75 Å². The molecule has 2 aromatic carbocycles. The first-order valence-electron chi connectivity index (χ1n) is 19.2. The molecular weight excluding hydrogens is 941 g/mol. The molecule has 13 nitrogen and oxygen atoms in total. The average Bonchev–Trinajstić information content (AvgIpc) is 3.82. The molecule has 2 aliphatic rings. The van der Waals surface area contributed by atoms with Crippen molar-refractivity contribution in [1.82, 2.24) is 14.7 Å². The molecule has 354 valence electrons. The number of alkyl halides is 10. The van der Waals surface area contributed by atoms with Gasteiger partial charge in [-0.05, 0) is 89.1 Å². The van der Waals surface area contributed by atoms with Gasteiger partial charge in [0.2, 0.25) is 0 Å². The van der Waals surface area contributed by atoms with Crippen molar-refractivity contribution in [2.24, 2.45) is 0 Å². The zero-order valence-electron chi connectivity index (χ0n) is 34.1. The van der Waals surface area contributed by atoms with Crippen LogP contribution in [0.25, 0.3) is 16.8 Å². The van der Waals surface area contributed by atoms with Crippen molar-refractivity contribution < 1.29 is 86.8 Å². The maximum absolute atomic E-state index is 14.9. The SMILES string of the molecule is CC(C)(C)OC(=O)CCC(=O)OC1CCC(OC(=O)OCN(C(=O)c2cc(-c3cnn(-c4c(Cl)cc(C(F)(C(F)(F)F)C(F)(F)F)cc4OC(F)(F)F)c3)ccc2Cl)C2(C#N)CC2)CC1. The Hall–Kier alpha value is -5.50. The number of carbonyl (C=O) groups is 4. The number of hydrogen-bond donors (Lipinski definition) is 0. The van der Waals surface area contributed by atoms with E-state index in [-0.39, 0.29) is 66.3 Å². The molecule has 0 bridgehead atoms. The number of aromatic nitrogens is 2. The maximum atomic E-state index is 14.9. The number of amides is 1. The topological polar surface area (TPSA) is 159 Å². The van der Waals surface area contributed by atoms with Gasteiger partial charge in [0, 0.05) is 17.3 Å².